The lowest BCUT2D eigenvalue weighted by molar-refractivity contribution is 0.565. The van der Waals surface area contributed by atoms with Crippen LogP contribution in [0.1, 0.15) is 36.4 Å². The van der Waals surface area contributed by atoms with Gasteiger partial charge in [0, 0.05) is 23.5 Å². The van der Waals surface area contributed by atoms with Crippen molar-refractivity contribution in [2.75, 3.05) is 23.0 Å². The fraction of sp³-hybridized carbons (Fsp3) is 0.750. The zero-order valence-electron chi connectivity index (χ0n) is 11.0. The molecule has 3 rings (SSSR count). The third-order valence-corrected chi connectivity index (χ3v) is 6.96. The summed E-state index contributed by atoms with van der Waals surface area (Å²) >= 11 is 1.65. The second kappa shape index (κ2) is 4.71. The first kappa shape index (κ1) is 13.3. The van der Waals surface area contributed by atoms with Crippen molar-refractivity contribution in [1.82, 2.24) is 4.98 Å². The van der Waals surface area contributed by atoms with E-state index in [1.807, 2.05) is 6.92 Å². The van der Waals surface area contributed by atoms with E-state index in [1.54, 1.807) is 11.3 Å². The van der Waals surface area contributed by atoms with Gasteiger partial charge in [-0.2, -0.15) is 0 Å². The normalized spacial score (nSPS) is 30.1. The summed E-state index contributed by atoms with van der Waals surface area (Å²) in [5.41, 5.74) is 7.25. The van der Waals surface area contributed by atoms with E-state index < -0.39 is 9.84 Å². The Kier molecular flexibility index (Phi) is 3.31. The molecule has 1 saturated heterocycles. The molecule has 1 aliphatic carbocycles. The van der Waals surface area contributed by atoms with Gasteiger partial charge in [-0.25, -0.2) is 13.4 Å². The van der Waals surface area contributed by atoms with Crippen LogP contribution >= 0.6 is 11.3 Å². The first-order valence-corrected chi connectivity index (χ1v) is 9.32. The molecule has 106 valence electrons. The van der Waals surface area contributed by atoms with E-state index in [-0.39, 0.29) is 23.6 Å². The molecule has 0 saturated carbocycles. The van der Waals surface area contributed by atoms with Gasteiger partial charge in [-0.15, -0.1) is 0 Å². The van der Waals surface area contributed by atoms with E-state index in [0.717, 1.165) is 30.1 Å². The molecule has 7 heteroatoms. The van der Waals surface area contributed by atoms with E-state index in [4.69, 9.17) is 10.7 Å². The van der Waals surface area contributed by atoms with Crippen molar-refractivity contribution in [3.63, 3.8) is 0 Å². The van der Waals surface area contributed by atoms with Crippen LogP contribution in [0.15, 0.2) is 0 Å². The maximum atomic E-state index is 11.6. The Balaban J connectivity index is 1.87. The Bertz CT molecular complexity index is 582. The Morgan fingerprint density at radius 1 is 1.47 bits per heavy atom. The molecule has 19 heavy (non-hydrogen) atoms. The summed E-state index contributed by atoms with van der Waals surface area (Å²) in [6.07, 6.45) is 3.12. The van der Waals surface area contributed by atoms with Crippen LogP contribution in [0.4, 0.5) is 5.13 Å². The van der Waals surface area contributed by atoms with E-state index in [0.29, 0.717) is 6.54 Å². The molecule has 5 nitrogen and oxygen atoms in total. The second-order valence-corrected chi connectivity index (χ2v) is 8.70. The largest absolute Gasteiger partial charge is 0.343 e. The van der Waals surface area contributed by atoms with Crippen molar-refractivity contribution in [2.45, 2.75) is 38.3 Å². The average Bonchev–Trinajstić information content (AvgIpc) is 2.72. The van der Waals surface area contributed by atoms with Crippen LogP contribution in [-0.2, 0) is 16.3 Å². The molecule has 0 bridgehead atoms. The van der Waals surface area contributed by atoms with Crippen LogP contribution < -0.4 is 10.6 Å². The Morgan fingerprint density at radius 3 is 2.95 bits per heavy atom. The molecular formula is C12H19N3O2S2. The topological polar surface area (TPSA) is 76.3 Å². The number of anilines is 1. The second-order valence-electron chi connectivity index (χ2n) is 5.46. The van der Waals surface area contributed by atoms with E-state index in [1.165, 1.54) is 4.88 Å². The molecule has 2 atom stereocenters. The standard InChI is InChI=1S/C12H19N3O2S2/c1-8-7-19(16,17)6-5-15(8)12-14-10-4-2-3-9(13)11(10)18-12/h8-9H,2-7,13H2,1H3. The number of thiazole rings is 1. The minimum absolute atomic E-state index is 0.00239. The van der Waals surface area contributed by atoms with Gasteiger partial charge in [-0.3, -0.25) is 0 Å². The minimum atomic E-state index is -2.88. The summed E-state index contributed by atoms with van der Waals surface area (Å²) in [6, 6.07) is 0.112. The van der Waals surface area contributed by atoms with Gasteiger partial charge in [-0.1, -0.05) is 11.3 Å². The fourth-order valence-corrected chi connectivity index (χ4v) is 5.68. The molecule has 2 unspecified atom stereocenters. The summed E-state index contributed by atoms with van der Waals surface area (Å²) in [7, 11) is -2.88. The van der Waals surface area contributed by atoms with Gasteiger partial charge < -0.3 is 10.6 Å². The average molecular weight is 301 g/mol. The van der Waals surface area contributed by atoms with Crippen molar-refractivity contribution >= 4 is 26.3 Å². The maximum Gasteiger partial charge on any atom is 0.186 e. The fourth-order valence-electron chi connectivity index (χ4n) is 2.85. The molecule has 0 radical (unpaired) electrons. The quantitative estimate of drug-likeness (QED) is 0.840. The number of rotatable bonds is 1. The number of aryl methyl sites for hydroxylation is 1. The Hall–Kier alpha value is -0.660. The zero-order chi connectivity index (χ0) is 13.6. The molecule has 2 aliphatic rings. The predicted molar refractivity (Wildman–Crippen MR) is 77.4 cm³/mol. The molecule has 2 N–H and O–H groups in total. The highest BCUT2D eigenvalue weighted by Gasteiger charge is 2.31. The van der Waals surface area contributed by atoms with Crippen molar-refractivity contribution < 1.29 is 8.42 Å². The molecule has 1 aromatic heterocycles. The van der Waals surface area contributed by atoms with Crippen LogP contribution in [0.3, 0.4) is 0 Å². The van der Waals surface area contributed by atoms with Gasteiger partial charge >= 0.3 is 0 Å². The van der Waals surface area contributed by atoms with Crippen molar-refractivity contribution in [2.24, 2.45) is 5.73 Å². The number of aromatic nitrogens is 1. The number of nitrogens with two attached hydrogens (primary N) is 1. The van der Waals surface area contributed by atoms with Gasteiger partial charge in [0.1, 0.15) is 0 Å². The van der Waals surface area contributed by atoms with Gasteiger partial charge in [0.15, 0.2) is 15.0 Å². The van der Waals surface area contributed by atoms with Gasteiger partial charge in [-0.05, 0) is 26.2 Å². The SMILES string of the molecule is CC1CS(=O)(=O)CCN1c1nc2c(s1)C(N)CCC2. The van der Waals surface area contributed by atoms with Gasteiger partial charge in [0.05, 0.1) is 17.2 Å². The highest BCUT2D eigenvalue weighted by atomic mass is 32.2. The van der Waals surface area contributed by atoms with Crippen LogP contribution in [0.25, 0.3) is 0 Å². The van der Waals surface area contributed by atoms with E-state index in [2.05, 4.69) is 4.90 Å². The maximum absolute atomic E-state index is 11.6. The summed E-state index contributed by atoms with van der Waals surface area (Å²) in [5, 5.41) is 0.949. The minimum Gasteiger partial charge on any atom is -0.343 e. The molecule has 0 aromatic carbocycles. The first-order chi connectivity index (χ1) is 8.96. The third kappa shape index (κ3) is 2.51. The van der Waals surface area contributed by atoms with E-state index in [9.17, 15) is 8.42 Å². The summed E-state index contributed by atoms with van der Waals surface area (Å²) in [4.78, 5) is 8.01. The number of nitrogens with zero attached hydrogens (tertiary/aromatic N) is 2. The predicted octanol–water partition coefficient (Wildman–Crippen LogP) is 1.10. The van der Waals surface area contributed by atoms with Crippen LogP contribution in [0.2, 0.25) is 0 Å². The summed E-state index contributed by atoms with van der Waals surface area (Å²) < 4.78 is 23.2. The van der Waals surface area contributed by atoms with Crippen LogP contribution in [-0.4, -0.2) is 37.5 Å². The highest BCUT2D eigenvalue weighted by molar-refractivity contribution is 7.91. The lowest BCUT2D eigenvalue weighted by Crippen LogP contribution is -2.47. The van der Waals surface area contributed by atoms with Crippen LogP contribution in [0, 0.1) is 0 Å². The molecule has 1 fully saturated rings. The smallest absolute Gasteiger partial charge is 0.186 e. The molecular weight excluding hydrogens is 282 g/mol. The molecule has 0 amide bonds. The lowest BCUT2D eigenvalue weighted by Gasteiger charge is -2.32. The molecule has 0 spiro atoms. The monoisotopic (exact) mass is 301 g/mol. The Labute approximate surface area is 117 Å². The van der Waals surface area contributed by atoms with Crippen molar-refractivity contribution in [3.05, 3.63) is 10.6 Å². The number of fused-ring (bicyclic) bond motifs is 1. The molecule has 2 heterocycles. The molecule has 1 aliphatic heterocycles. The highest BCUT2D eigenvalue weighted by Crippen LogP contribution is 2.37. The lowest BCUT2D eigenvalue weighted by atomic mass is 9.99. The number of hydrogen-bond acceptors (Lipinski definition) is 6. The van der Waals surface area contributed by atoms with Gasteiger partial charge in [0.2, 0.25) is 0 Å². The zero-order valence-corrected chi connectivity index (χ0v) is 12.6. The number of hydrogen-bond donors (Lipinski definition) is 1. The summed E-state index contributed by atoms with van der Waals surface area (Å²) in [6.45, 7) is 2.50. The first-order valence-electron chi connectivity index (χ1n) is 6.68. The van der Waals surface area contributed by atoms with Crippen molar-refractivity contribution in [1.29, 1.82) is 0 Å². The van der Waals surface area contributed by atoms with Crippen molar-refractivity contribution in [3.8, 4) is 0 Å². The number of sulfone groups is 1. The van der Waals surface area contributed by atoms with Crippen LogP contribution in [0.5, 0.6) is 0 Å². The van der Waals surface area contributed by atoms with Gasteiger partial charge in [0.25, 0.3) is 0 Å². The molecule has 1 aromatic rings. The third-order valence-electron chi connectivity index (χ3n) is 3.90. The van der Waals surface area contributed by atoms with E-state index >= 15 is 0 Å². The Morgan fingerprint density at radius 2 is 2.26 bits per heavy atom. The summed E-state index contributed by atoms with van der Waals surface area (Å²) in [5.74, 6) is 0.455.